The van der Waals surface area contributed by atoms with E-state index in [-0.39, 0.29) is 22.9 Å². The number of hydrogen-bond donors (Lipinski definition) is 0. The van der Waals surface area contributed by atoms with Gasteiger partial charge >= 0.3 is 0 Å². The molecule has 7 aliphatic rings. The average molecular weight is 722 g/mol. The van der Waals surface area contributed by atoms with E-state index in [1.165, 1.54) is 42.5 Å². The third-order valence-corrected chi connectivity index (χ3v) is 13.3. The molecule has 6 atom stereocenters. The van der Waals surface area contributed by atoms with E-state index in [0.29, 0.717) is 85.3 Å². The minimum atomic E-state index is -0.404. The van der Waals surface area contributed by atoms with Gasteiger partial charge in [0.05, 0.1) is 72.7 Å². The van der Waals surface area contributed by atoms with Gasteiger partial charge in [0.1, 0.15) is 18.3 Å². The summed E-state index contributed by atoms with van der Waals surface area (Å²) in [7, 11) is 3.58. The summed E-state index contributed by atoms with van der Waals surface area (Å²) in [6.07, 6.45) is 8.22. The molecule has 0 aromatic heterocycles. The first kappa shape index (κ1) is 36.7. The fourth-order valence-corrected chi connectivity index (χ4v) is 10.9. The highest BCUT2D eigenvalue weighted by atomic mass is 16.6. The monoisotopic (exact) mass is 721 g/mol. The number of ether oxygens (including phenoxy) is 9. The van der Waals surface area contributed by atoms with Crippen LogP contribution in [-0.4, -0.2) is 123 Å². The minimum absolute atomic E-state index is 0.0530. The maximum absolute atomic E-state index is 7.32. The molecule has 10 nitrogen and oxygen atoms in total. The standard InChI is InChI=1S/C42H59NO9/c1-44-16-17-46-18-19-47-20-21-48-22-23-49-24-25-51-35-11-10-33-26-36-40-12-13-42(45-2,34(27-40)30-50-29-32-6-4-3-5-7-32)39-41(40,37(33)38(35)52-39)14-15-43(36)28-31-8-9-31/h3-7,10-11,31,34,36,39H,8-9,12-30H2,1-2H3/t34-,36+,39-,40-,41+,42-/m1/s1. The zero-order chi connectivity index (χ0) is 35.4. The zero-order valence-electron chi connectivity index (χ0n) is 31.3. The van der Waals surface area contributed by atoms with Crippen molar-refractivity contribution in [2.24, 2.45) is 17.3 Å². The molecular weight excluding hydrogens is 662 g/mol. The van der Waals surface area contributed by atoms with Crippen molar-refractivity contribution in [1.29, 1.82) is 0 Å². The molecule has 5 aliphatic carbocycles. The van der Waals surface area contributed by atoms with Crippen LogP contribution >= 0.6 is 0 Å². The lowest BCUT2D eigenvalue weighted by atomic mass is 9.35. The molecule has 1 saturated heterocycles. The van der Waals surface area contributed by atoms with Crippen molar-refractivity contribution in [3.8, 4) is 11.5 Å². The predicted octanol–water partition coefficient (Wildman–Crippen LogP) is 5.22. The lowest BCUT2D eigenvalue weighted by Crippen LogP contribution is -2.81. The summed E-state index contributed by atoms with van der Waals surface area (Å²) in [5.74, 6) is 2.93. The topological polar surface area (TPSA) is 86.3 Å². The van der Waals surface area contributed by atoms with Crippen LogP contribution in [-0.2, 0) is 51.6 Å². The van der Waals surface area contributed by atoms with E-state index >= 15 is 0 Å². The molecule has 52 heavy (non-hydrogen) atoms. The van der Waals surface area contributed by atoms with Gasteiger partial charge in [0.25, 0.3) is 0 Å². The Morgan fingerprint density at radius 2 is 1.48 bits per heavy atom. The number of likely N-dealkylation sites (tertiary alicyclic amines) is 1. The summed E-state index contributed by atoms with van der Waals surface area (Å²) in [6.45, 7) is 8.98. The number of fused-ring (bicyclic) bond motifs is 2. The molecule has 2 aliphatic heterocycles. The Bertz CT molecular complexity index is 1470. The summed E-state index contributed by atoms with van der Waals surface area (Å²) in [5, 5.41) is 0. The van der Waals surface area contributed by atoms with Crippen LogP contribution in [0.3, 0.4) is 0 Å². The van der Waals surface area contributed by atoms with Crippen LogP contribution in [0.1, 0.15) is 55.2 Å². The summed E-state index contributed by atoms with van der Waals surface area (Å²) in [5.41, 5.74) is 3.75. The third kappa shape index (κ3) is 6.70. The molecule has 286 valence electrons. The molecule has 4 saturated carbocycles. The fourth-order valence-electron chi connectivity index (χ4n) is 10.9. The highest BCUT2D eigenvalue weighted by molar-refractivity contribution is 5.63. The Balaban J connectivity index is 0.920. The van der Waals surface area contributed by atoms with Crippen LogP contribution in [0.25, 0.3) is 0 Å². The molecule has 0 amide bonds. The maximum Gasteiger partial charge on any atom is 0.165 e. The SMILES string of the molecule is COCCOCCOCCOCCOCCOc1ccc2c3c1O[C@H]1[C@@]4(OC)CC[C@@]5(C[C@@H]4COCc4ccccc4)[C@H](C2)N(CC2CC2)CC[C@]315. The van der Waals surface area contributed by atoms with E-state index in [2.05, 4.69) is 47.4 Å². The van der Waals surface area contributed by atoms with Crippen LogP contribution in [0.15, 0.2) is 42.5 Å². The normalized spacial score (nSPS) is 31.1. The van der Waals surface area contributed by atoms with Gasteiger partial charge in [-0.05, 0) is 74.6 Å². The van der Waals surface area contributed by atoms with Crippen molar-refractivity contribution in [2.75, 3.05) is 100.0 Å². The van der Waals surface area contributed by atoms with Gasteiger partial charge in [-0.15, -0.1) is 0 Å². The zero-order valence-corrected chi connectivity index (χ0v) is 31.3. The second kappa shape index (κ2) is 16.2. The molecule has 9 rings (SSSR count). The fraction of sp³-hybridized carbons (Fsp3) is 0.714. The van der Waals surface area contributed by atoms with Gasteiger partial charge in [-0.1, -0.05) is 36.4 Å². The van der Waals surface area contributed by atoms with Gasteiger partial charge in [0.2, 0.25) is 0 Å². The molecule has 2 heterocycles. The van der Waals surface area contributed by atoms with Gasteiger partial charge < -0.3 is 42.6 Å². The second-order valence-corrected chi connectivity index (χ2v) is 15.8. The molecule has 0 radical (unpaired) electrons. The summed E-state index contributed by atoms with van der Waals surface area (Å²) >= 11 is 0. The molecule has 0 unspecified atom stereocenters. The van der Waals surface area contributed by atoms with Crippen LogP contribution < -0.4 is 9.47 Å². The Morgan fingerprint density at radius 1 is 0.769 bits per heavy atom. The van der Waals surface area contributed by atoms with Crippen molar-refractivity contribution in [3.63, 3.8) is 0 Å². The number of piperidine rings is 1. The Hall–Kier alpha value is -2.28. The van der Waals surface area contributed by atoms with Gasteiger partial charge in [-0.25, -0.2) is 0 Å². The van der Waals surface area contributed by atoms with Crippen molar-refractivity contribution >= 4 is 0 Å². The van der Waals surface area contributed by atoms with E-state index in [0.717, 1.165) is 49.6 Å². The second-order valence-electron chi connectivity index (χ2n) is 15.8. The molecule has 4 bridgehead atoms. The molecule has 2 spiro atoms. The van der Waals surface area contributed by atoms with E-state index in [1.807, 2.05) is 7.11 Å². The van der Waals surface area contributed by atoms with Gasteiger partial charge in [-0.2, -0.15) is 0 Å². The van der Waals surface area contributed by atoms with Crippen molar-refractivity contribution < 1.29 is 42.6 Å². The summed E-state index contributed by atoms with van der Waals surface area (Å²) in [4.78, 5) is 2.90. The van der Waals surface area contributed by atoms with Crippen LogP contribution in [0.4, 0.5) is 0 Å². The van der Waals surface area contributed by atoms with E-state index in [1.54, 1.807) is 7.11 Å². The van der Waals surface area contributed by atoms with E-state index < -0.39 is 5.60 Å². The molecule has 0 N–H and O–H groups in total. The number of rotatable bonds is 23. The molecule has 5 fully saturated rings. The number of methoxy groups -OCH3 is 2. The predicted molar refractivity (Wildman–Crippen MR) is 195 cm³/mol. The average Bonchev–Trinajstić information content (AvgIpc) is 3.92. The first-order valence-corrected chi connectivity index (χ1v) is 19.8. The Morgan fingerprint density at radius 3 is 2.17 bits per heavy atom. The quantitative estimate of drug-likeness (QED) is 0.143. The van der Waals surface area contributed by atoms with Gasteiger partial charge in [0, 0.05) is 49.1 Å². The lowest BCUT2D eigenvalue weighted by molar-refractivity contribution is -0.283. The summed E-state index contributed by atoms with van der Waals surface area (Å²) in [6, 6.07) is 15.5. The smallest absolute Gasteiger partial charge is 0.165 e. The van der Waals surface area contributed by atoms with Crippen molar-refractivity contribution in [1.82, 2.24) is 4.90 Å². The Kier molecular flexibility index (Phi) is 11.4. The van der Waals surface area contributed by atoms with Crippen LogP contribution in [0, 0.1) is 17.3 Å². The lowest BCUT2D eigenvalue weighted by Gasteiger charge is -2.74. The number of nitrogens with zero attached hydrogens (tertiary/aromatic N) is 1. The minimum Gasteiger partial charge on any atom is -0.487 e. The van der Waals surface area contributed by atoms with Crippen molar-refractivity contribution in [2.45, 2.75) is 74.7 Å². The number of hydrogen-bond acceptors (Lipinski definition) is 10. The van der Waals surface area contributed by atoms with Gasteiger partial charge in [-0.3, -0.25) is 4.90 Å². The molecule has 10 heteroatoms. The first-order chi connectivity index (χ1) is 25.6. The highest BCUT2D eigenvalue weighted by Crippen LogP contribution is 2.76. The molecule has 2 aromatic carbocycles. The Labute approximate surface area is 309 Å². The maximum atomic E-state index is 7.32. The van der Waals surface area contributed by atoms with Crippen LogP contribution in [0.2, 0.25) is 0 Å². The van der Waals surface area contributed by atoms with Crippen LogP contribution in [0.5, 0.6) is 11.5 Å². The molecular formula is C42H59NO9. The van der Waals surface area contributed by atoms with Gasteiger partial charge in [0.15, 0.2) is 11.5 Å². The van der Waals surface area contributed by atoms with Crippen molar-refractivity contribution in [3.05, 3.63) is 59.2 Å². The first-order valence-electron chi connectivity index (χ1n) is 19.8. The summed E-state index contributed by atoms with van der Waals surface area (Å²) < 4.78 is 54.5. The largest absolute Gasteiger partial charge is 0.487 e. The third-order valence-electron chi connectivity index (χ3n) is 13.3. The molecule has 2 aromatic rings. The van der Waals surface area contributed by atoms with E-state index in [4.69, 9.17) is 42.6 Å². The van der Waals surface area contributed by atoms with E-state index in [9.17, 15) is 0 Å². The highest BCUT2D eigenvalue weighted by Gasteiger charge is 2.80. The number of benzene rings is 2.